The highest BCUT2D eigenvalue weighted by Crippen LogP contribution is 2.22. The summed E-state index contributed by atoms with van der Waals surface area (Å²) in [4.78, 5) is 8.23. The Morgan fingerprint density at radius 2 is 2.41 bits per heavy atom. The van der Waals surface area contributed by atoms with Gasteiger partial charge in [0.05, 0.1) is 19.3 Å². The lowest BCUT2D eigenvalue weighted by atomic mass is 10.2. The van der Waals surface area contributed by atoms with Crippen LogP contribution in [-0.2, 0) is 11.3 Å². The van der Waals surface area contributed by atoms with Gasteiger partial charge in [-0.1, -0.05) is 0 Å². The van der Waals surface area contributed by atoms with Gasteiger partial charge in [0.1, 0.15) is 0 Å². The highest BCUT2D eigenvalue weighted by Gasteiger charge is 2.32. The zero-order valence-corrected chi connectivity index (χ0v) is 14.3. The average molecular weight is 322 g/mol. The van der Waals surface area contributed by atoms with Gasteiger partial charge in [-0.15, -0.1) is 11.3 Å². The van der Waals surface area contributed by atoms with Crippen LogP contribution in [0.4, 0.5) is 0 Å². The van der Waals surface area contributed by atoms with E-state index in [4.69, 9.17) is 4.74 Å². The van der Waals surface area contributed by atoms with Gasteiger partial charge in [-0.3, -0.25) is 9.89 Å². The minimum atomic E-state index is 0.261. The SMILES string of the molecule is CN=C(NCc1sccc1C)NCC1CN2CCCC2CO1. The number of fused-ring (bicyclic) bond motifs is 1. The van der Waals surface area contributed by atoms with E-state index < -0.39 is 0 Å². The summed E-state index contributed by atoms with van der Waals surface area (Å²) in [6, 6.07) is 2.82. The summed E-state index contributed by atoms with van der Waals surface area (Å²) in [5, 5.41) is 8.90. The van der Waals surface area contributed by atoms with Crippen LogP contribution in [0.15, 0.2) is 16.4 Å². The second-order valence-electron chi connectivity index (χ2n) is 6.08. The van der Waals surface area contributed by atoms with Gasteiger partial charge in [0.15, 0.2) is 5.96 Å². The molecule has 2 atom stereocenters. The Balaban J connectivity index is 1.42. The van der Waals surface area contributed by atoms with Crippen LogP contribution in [0.2, 0.25) is 0 Å². The van der Waals surface area contributed by atoms with E-state index in [1.807, 2.05) is 7.05 Å². The maximum atomic E-state index is 5.97. The Kier molecular flexibility index (Phi) is 5.33. The molecule has 2 N–H and O–H groups in total. The fourth-order valence-electron chi connectivity index (χ4n) is 3.19. The molecule has 22 heavy (non-hydrogen) atoms. The third-order valence-corrected chi connectivity index (χ3v) is 5.59. The summed E-state index contributed by atoms with van der Waals surface area (Å²) in [6.45, 7) is 6.93. The first-order valence-corrected chi connectivity index (χ1v) is 8.97. The van der Waals surface area contributed by atoms with Crippen molar-refractivity contribution in [1.29, 1.82) is 0 Å². The van der Waals surface area contributed by atoms with Gasteiger partial charge in [0.2, 0.25) is 0 Å². The highest BCUT2D eigenvalue weighted by atomic mass is 32.1. The first-order valence-electron chi connectivity index (χ1n) is 8.09. The van der Waals surface area contributed by atoms with Crippen LogP contribution < -0.4 is 10.6 Å². The molecule has 0 aliphatic carbocycles. The molecule has 0 aromatic carbocycles. The number of guanidine groups is 1. The minimum absolute atomic E-state index is 0.261. The topological polar surface area (TPSA) is 48.9 Å². The van der Waals surface area contributed by atoms with E-state index in [1.165, 1.54) is 29.8 Å². The second-order valence-corrected chi connectivity index (χ2v) is 7.08. The summed E-state index contributed by atoms with van der Waals surface area (Å²) in [5.74, 6) is 0.847. The molecule has 0 bridgehead atoms. The van der Waals surface area contributed by atoms with Gasteiger partial charge in [0.25, 0.3) is 0 Å². The predicted octanol–water partition coefficient (Wildman–Crippen LogP) is 1.58. The molecule has 1 aromatic heterocycles. The second kappa shape index (κ2) is 7.44. The molecule has 0 radical (unpaired) electrons. The lowest BCUT2D eigenvalue weighted by Gasteiger charge is -2.35. The van der Waals surface area contributed by atoms with Crippen molar-refractivity contribution in [2.45, 2.75) is 38.5 Å². The van der Waals surface area contributed by atoms with E-state index in [0.717, 1.165) is 32.2 Å². The summed E-state index contributed by atoms with van der Waals surface area (Å²) in [7, 11) is 1.81. The van der Waals surface area contributed by atoms with Crippen LogP contribution in [0.5, 0.6) is 0 Å². The van der Waals surface area contributed by atoms with Gasteiger partial charge in [-0.05, 0) is 43.3 Å². The third kappa shape index (κ3) is 3.80. The molecule has 1 aromatic rings. The number of aliphatic imine (C=N–C) groups is 1. The molecule has 3 heterocycles. The first kappa shape index (κ1) is 15.8. The van der Waals surface area contributed by atoms with Gasteiger partial charge in [-0.25, -0.2) is 0 Å². The molecule has 2 aliphatic rings. The van der Waals surface area contributed by atoms with Crippen molar-refractivity contribution < 1.29 is 4.74 Å². The zero-order valence-electron chi connectivity index (χ0n) is 13.5. The molecule has 0 amide bonds. The van der Waals surface area contributed by atoms with Crippen molar-refractivity contribution in [2.24, 2.45) is 4.99 Å². The highest BCUT2D eigenvalue weighted by molar-refractivity contribution is 7.10. The zero-order chi connectivity index (χ0) is 15.4. The number of thiophene rings is 1. The third-order valence-electron chi connectivity index (χ3n) is 4.57. The van der Waals surface area contributed by atoms with Crippen LogP contribution in [0.3, 0.4) is 0 Å². The number of hydrogen-bond donors (Lipinski definition) is 2. The van der Waals surface area contributed by atoms with E-state index in [-0.39, 0.29) is 6.10 Å². The summed E-state index contributed by atoms with van der Waals surface area (Å²) < 4.78 is 5.97. The molecule has 2 fully saturated rings. The number of nitrogens with one attached hydrogen (secondary N) is 2. The standard InChI is InChI=1S/C16H26N4OS/c1-12-5-7-22-15(12)9-19-16(17-2)18-8-14-10-20-6-3-4-13(20)11-21-14/h5,7,13-14H,3-4,6,8-11H2,1-2H3,(H2,17,18,19). The Morgan fingerprint density at radius 3 is 3.18 bits per heavy atom. The number of rotatable bonds is 4. The Morgan fingerprint density at radius 1 is 1.50 bits per heavy atom. The average Bonchev–Trinajstić information content (AvgIpc) is 3.15. The van der Waals surface area contributed by atoms with Crippen LogP contribution >= 0.6 is 11.3 Å². The molecule has 0 spiro atoms. The van der Waals surface area contributed by atoms with Crippen LogP contribution in [0, 0.1) is 6.92 Å². The van der Waals surface area contributed by atoms with E-state index in [2.05, 4.69) is 38.9 Å². The molecular formula is C16H26N4OS. The summed E-state index contributed by atoms with van der Waals surface area (Å²) in [6.07, 6.45) is 2.87. The number of hydrogen-bond acceptors (Lipinski definition) is 4. The van der Waals surface area contributed by atoms with Crippen molar-refractivity contribution in [3.63, 3.8) is 0 Å². The molecule has 6 heteroatoms. The lowest BCUT2D eigenvalue weighted by Crippen LogP contribution is -2.51. The maximum absolute atomic E-state index is 5.97. The van der Waals surface area contributed by atoms with Crippen molar-refractivity contribution in [3.8, 4) is 0 Å². The monoisotopic (exact) mass is 322 g/mol. The fraction of sp³-hybridized carbons (Fsp3) is 0.688. The number of ether oxygens (including phenoxy) is 1. The van der Waals surface area contributed by atoms with E-state index in [9.17, 15) is 0 Å². The smallest absolute Gasteiger partial charge is 0.191 e. The molecule has 3 rings (SSSR count). The maximum Gasteiger partial charge on any atom is 0.191 e. The largest absolute Gasteiger partial charge is 0.373 e. The molecule has 122 valence electrons. The van der Waals surface area contributed by atoms with Crippen molar-refractivity contribution >= 4 is 17.3 Å². The Bertz CT molecular complexity index is 516. The fourth-order valence-corrected chi connectivity index (χ4v) is 4.04. The quantitative estimate of drug-likeness (QED) is 0.653. The van der Waals surface area contributed by atoms with Gasteiger partial charge >= 0.3 is 0 Å². The first-order chi connectivity index (χ1) is 10.8. The van der Waals surface area contributed by atoms with E-state index in [1.54, 1.807) is 11.3 Å². The van der Waals surface area contributed by atoms with Crippen molar-refractivity contribution in [1.82, 2.24) is 15.5 Å². The molecule has 2 saturated heterocycles. The Labute approximate surface area is 136 Å². The van der Waals surface area contributed by atoms with E-state index in [0.29, 0.717) is 6.04 Å². The lowest BCUT2D eigenvalue weighted by molar-refractivity contribution is -0.0453. The van der Waals surface area contributed by atoms with Crippen molar-refractivity contribution in [3.05, 3.63) is 21.9 Å². The van der Waals surface area contributed by atoms with Gasteiger partial charge in [0, 0.05) is 31.1 Å². The molecule has 2 unspecified atom stereocenters. The van der Waals surface area contributed by atoms with Crippen LogP contribution in [0.1, 0.15) is 23.3 Å². The molecular weight excluding hydrogens is 296 g/mol. The number of nitrogens with zero attached hydrogens (tertiary/aromatic N) is 2. The Hall–Kier alpha value is -1.11. The minimum Gasteiger partial charge on any atom is -0.373 e. The van der Waals surface area contributed by atoms with Gasteiger partial charge < -0.3 is 15.4 Å². The summed E-state index contributed by atoms with van der Waals surface area (Å²) >= 11 is 1.78. The van der Waals surface area contributed by atoms with Crippen LogP contribution in [0.25, 0.3) is 0 Å². The van der Waals surface area contributed by atoms with Crippen LogP contribution in [-0.4, -0.2) is 56.3 Å². The summed E-state index contributed by atoms with van der Waals surface area (Å²) in [5.41, 5.74) is 1.34. The molecule has 0 saturated carbocycles. The molecule has 2 aliphatic heterocycles. The molecule has 5 nitrogen and oxygen atoms in total. The normalized spacial score (nSPS) is 26.0. The van der Waals surface area contributed by atoms with Crippen molar-refractivity contribution in [2.75, 3.05) is 33.3 Å². The van der Waals surface area contributed by atoms with E-state index >= 15 is 0 Å². The van der Waals surface area contributed by atoms with Gasteiger partial charge in [-0.2, -0.15) is 0 Å². The predicted molar refractivity (Wildman–Crippen MR) is 91.6 cm³/mol. The number of aryl methyl sites for hydroxylation is 1. The number of morpholine rings is 1.